The van der Waals surface area contributed by atoms with E-state index in [2.05, 4.69) is 39.9 Å². The molecule has 2 aromatic rings. The second-order valence-electron chi connectivity index (χ2n) is 6.15. The number of hydrogen-bond donors (Lipinski definition) is 3. The molecule has 0 saturated heterocycles. The molecule has 0 saturated carbocycles. The van der Waals surface area contributed by atoms with Crippen LogP contribution in [0.3, 0.4) is 0 Å². The molecule has 1 aromatic carbocycles. The third-order valence-electron chi connectivity index (χ3n) is 4.08. The van der Waals surface area contributed by atoms with Crippen molar-refractivity contribution < 1.29 is 14.1 Å². The van der Waals surface area contributed by atoms with Crippen molar-refractivity contribution in [2.45, 2.75) is 40.2 Å². The average Bonchev–Trinajstić information content (AvgIpc) is 3.09. The zero-order valence-corrected chi connectivity index (χ0v) is 17.0. The van der Waals surface area contributed by atoms with Crippen LogP contribution in [0.15, 0.2) is 33.8 Å². The van der Waals surface area contributed by atoms with Crippen LogP contribution in [0.2, 0.25) is 0 Å². The third kappa shape index (κ3) is 6.29. The van der Waals surface area contributed by atoms with E-state index in [0.29, 0.717) is 37.1 Å². The van der Waals surface area contributed by atoms with E-state index in [1.54, 1.807) is 13.1 Å². The van der Waals surface area contributed by atoms with Gasteiger partial charge in [-0.05, 0) is 18.6 Å². The number of anilines is 1. The lowest BCUT2D eigenvalue weighted by molar-refractivity contribution is -0.114. The highest BCUT2D eigenvalue weighted by atomic mass is 16.5. The Hall–Kier alpha value is -3.03. The number of carbonyl (C=O) groups excluding carboxylic acids is 1. The van der Waals surface area contributed by atoms with E-state index in [0.717, 1.165) is 29.9 Å². The van der Waals surface area contributed by atoms with Gasteiger partial charge in [0.15, 0.2) is 5.96 Å². The molecule has 28 heavy (non-hydrogen) atoms. The number of amides is 1. The number of aryl methyl sites for hydroxylation is 2. The van der Waals surface area contributed by atoms with Crippen LogP contribution in [0.5, 0.6) is 5.75 Å². The molecule has 8 heteroatoms. The van der Waals surface area contributed by atoms with Gasteiger partial charge in [-0.1, -0.05) is 25.1 Å². The van der Waals surface area contributed by atoms with E-state index >= 15 is 0 Å². The molecular formula is C20H29N5O3. The first-order valence-electron chi connectivity index (χ1n) is 9.48. The SMILES string of the molecule is CCc1noc(CC)c1CNC(=NC)NCCOc1cccc(NC(C)=O)c1. The predicted octanol–water partition coefficient (Wildman–Crippen LogP) is 2.50. The van der Waals surface area contributed by atoms with Crippen molar-refractivity contribution in [3.8, 4) is 5.75 Å². The molecule has 0 aliphatic rings. The molecule has 152 valence electrons. The fraction of sp³-hybridized carbons (Fsp3) is 0.450. The smallest absolute Gasteiger partial charge is 0.221 e. The van der Waals surface area contributed by atoms with E-state index in [9.17, 15) is 4.79 Å². The van der Waals surface area contributed by atoms with Crippen LogP contribution in [-0.4, -0.2) is 37.2 Å². The second kappa shape index (κ2) is 11.0. The van der Waals surface area contributed by atoms with E-state index in [4.69, 9.17) is 9.26 Å². The fourth-order valence-corrected chi connectivity index (χ4v) is 2.74. The van der Waals surface area contributed by atoms with E-state index < -0.39 is 0 Å². The molecule has 2 rings (SSSR count). The quantitative estimate of drug-likeness (QED) is 0.347. The number of carbonyl (C=O) groups is 1. The lowest BCUT2D eigenvalue weighted by Gasteiger charge is -2.13. The summed E-state index contributed by atoms with van der Waals surface area (Å²) in [5.41, 5.74) is 2.78. The summed E-state index contributed by atoms with van der Waals surface area (Å²) in [5.74, 6) is 2.17. The van der Waals surface area contributed by atoms with Gasteiger partial charge in [-0.25, -0.2) is 0 Å². The van der Waals surface area contributed by atoms with Crippen molar-refractivity contribution in [2.24, 2.45) is 4.99 Å². The largest absolute Gasteiger partial charge is 0.492 e. The highest BCUT2D eigenvalue weighted by Gasteiger charge is 2.13. The lowest BCUT2D eigenvalue weighted by atomic mass is 10.1. The van der Waals surface area contributed by atoms with Gasteiger partial charge in [0, 0.05) is 44.3 Å². The Kier molecular flexibility index (Phi) is 8.33. The summed E-state index contributed by atoms with van der Waals surface area (Å²) in [6.07, 6.45) is 1.64. The van der Waals surface area contributed by atoms with E-state index in [1.165, 1.54) is 6.92 Å². The summed E-state index contributed by atoms with van der Waals surface area (Å²) in [5, 5.41) is 13.4. The molecule has 1 heterocycles. The highest BCUT2D eigenvalue weighted by molar-refractivity contribution is 5.88. The standard InChI is InChI=1S/C20H29N5O3/c1-5-18-17(19(6-2)28-25-18)13-23-20(21-4)22-10-11-27-16-9-7-8-15(12-16)24-14(3)26/h7-9,12H,5-6,10-11,13H2,1-4H3,(H,24,26)(H2,21,22,23). The number of rotatable bonds is 9. The van der Waals surface area contributed by atoms with Crippen LogP contribution in [0.4, 0.5) is 5.69 Å². The second-order valence-corrected chi connectivity index (χ2v) is 6.15. The van der Waals surface area contributed by atoms with Crippen molar-refractivity contribution in [1.29, 1.82) is 0 Å². The van der Waals surface area contributed by atoms with Gasteiger partial charge in [-0.3, -0.25) is 9.79 Å². The normalized spacial score (nSPS) is 11.2. The molecule has 0 unspecified atom stereocenters. The van der Waals surface area contributed by atoms with Crippen LogP contribution in [-0.2, 0) is 24.2 Å². The Balaban J connectivity index is 1.79. The van der Waals surface area contributed by atoms with Crippen LogP contribution in [0.1, 0.15) is 37.8 Å². The maximum absolute atomic E-state index is 11.1. The van der Waals surface area contributed by atoms with E-state index in [1.807, 2.05) is 18.2 Å². The first kappa shape index (κ1) is 21.3. The summed E-state index contributed by atoms with van der Waals surface area (Å²) in [7, 11) is 1.72. The number of nitrogens with zero attached hydrogens (tertiary/aromatic N) is 2. The van der Waals surface area contributed by atoms with Crippen molar-refractivity contribution in [3.63, 3.8) is 0 Å². The first-order valence-corrected chi connectivity index (χ1v) is 9.48. The van der Waals surface area contributed by atoms with Gasteiger partial charge in [0.25, 0.3) is 0 Å². The van der Waals surface area contributed by atoms with Gasteiger partial charge in [0.1, 0.15) is 18.1 Å². The summed E-state index contributed by atoms with van der Waals surface area (Å²) < 4.78 is 11.1. The summed E-state index contributed by atoms with van der Waals surface area (Å²) in [6, 6.07) is 7.30. The highest BCUT2D eigenvalue weighted by Crippen LogP contribution is 2.17. The molecule has 0 aliphatic carbocycles. The zero-order valence-electron chi connectivity index (χ0n) is 17.0. The fourth-order valence-electron chi connectivity index (χ4n) is 2.74. The lowest BCUT2D eigenvalue weighted by Crippen LogP contribution is -2.39. The molecule has 0 bridgehead atoms. The molecule has 0 radical (unpaired) electrons. The van der Waals surface area contributed by atoms with E-state index in [-0.39, 0.29) is 5.91 Å². The minimum atomic E-state index is -0.112. The van der Waals surface area contributed by atoms with Gasteiger partial charge in [0.2, 0.25) is 5.91 Å². The topological polar surface area (TPSA) is 101 Å². The number of nitrogens with one attached hydrogen (secondary N) is 3. The Morgan fingerprint density at radius 2 is 2.07 bits per heavy atom. The number of guanidine groups is 1. The first-order chi connectivity index (χ1) is 13.6. The molecule has 0 atom stereocenters. The minimum absolute atomic E-state index is 0.112. The molecule has 1 amide bonds. The molecule has 1 aromatic heterocycles. The molecule has 0 aliphatic heterocycles. The molecule has 8 nitrogen and oxygen atoms in total. The maximum atomic E-state index is 11.1. The van der Waals surface area contributed by atoms with Crippen LogP contribution >= 0.6 is 0 Å². The van der Waals surface area contributed by atoms with Crippen LogP contribution in [0.25, 0.3) is 0 Å². The van der Waals surface area contributed by atoms with Gasteiger partial charge >= 0.3 is 0 Å². The number of benzene rings is 1. The summed E-state index contributed by atoms with van der Waals surface area (Å²) in [6.45, 7) is 7.23. The van der Waals surface area contributed by atoms with Crippen LogP contribution in [0, 0.1) is 0 Å². The van der Waals surface area contributed by atoms with Gasteiger partial charge in [-0.2, -0.15) is 0 Å². The average molecular weight is 387 g/mol. The predicted molar refractivity (Wildman–Crippen MR) is 110 cm³/mol. The van der Waals surface area contributed by atoms with Gasteiger partial charge in [0.05, 0.1) is 12.2 Å². The van der Waals surface area contributed by atoms with Crippen molar-refractivity contribution >= 4 is 17.6 Å². The van der Waals surface area contributed by atoms with Crippen LogP contribution < -0.4 is 20.7 Å². The maximum Gasteiger partial charge on any atom is 0.221 e. The number of aromatic nitrogens is 1. The van der Waals surface area contributed by atoms with Crippen molar-refractivity contribution in [2.75, 3.05) is 25.5 Å². The Morgan fingerprint density at radius 1 is 1.25 bits per heavy atom. The summed E-state index contributed by atoms with van der Waals surface area (Å²) in [4.78, 5) is 15.4. The number of ether oxygens (including phenoxy) is 1. The monoisotopic (exact) mass is 387 g/mol. The molecule has 0 spiro atoms. The Morgan fingerprint density at radius 3 is 2.75 bits per heavy atom. The molecular weight excluding hydrogens is 358 g/mol. The van der Waals surface area contributed by atoms with Gasteiger partial charge in [-0.15, -0.1) is 0 Å². The Bertz CT molecular complexity index is 779. The number of hydrogen-bond acceptors (Lipinski definition) is 5. The minimum Gasteiger partial charge on any atom is -0.492 e. The Labute approximate surface area is 165 Å². The summed E-state index contributed by atoms with van der Waals surface area (Å²) >= 11 is 0. The van der Waals surface area contributed by atoms with Gasteiger partial charge < -0.3 is 25.2 Å². The molecule has 3 N–H and O–H groups in total. The zero-order chi connectivity index (χ0) is 20.4. The van der Waals surface area contributed by atoms with Crippen molar-refractivity contribution in [3.05, 3.63) is 41.3 Å². The van der Waals surface area contributed by atoms with Crippen molar-refractivity contribution in [1.82, 2.24) is 15.8 Å². The third-order valence-corrected chi connectivity index (χ3v) is 4.08. The number of aliphatic imine (C=N–C) groups is 1. The molecule has 0 fully saturated rings.